The molecule has 1 N–H and O–H groups in total. The molecule has 0 atom stereocenters. The number of nitrogens with zero attached hydrogens (tertiary/aromatic N) is 1. The summed E-state index contributed by atoms with van der Waals surface area (Å²) in [6, 6.07) is 17.2. The van der Waals surface area contributed by atoms with Crippen LogP contribution in [0.5, 0.6) is 0 Å². The summed E-state index contributed by atoms with van der Waals surface area (Å²) in [5.74, 6) is -1.46. The van der Waals surface area contributed by atoms with Crippen LogP contribution in [0.4, 0.5) is 5.69 Å². The first-order valence-electron chi connectivity index (χ1n) is 9.86. The third kappa shape index (κ3) is 3.90. The van der Waals surface area contributed by atoms with Crippen LogP contribution in [-0.2, 0) is 9.53 Å². The fourth-order valence-corrected chi connectivity index (χ4v) is 3.75. The highest BCUT2D eigenvalue weighted by Gasteiger charge is 2.32. The third-order valence-electron chi connectivity index (χ3n) is 5.21. The van der Waals surface area contributed by atoms with E-state index in [9.17, 15) is 19.2 Å². The molecule has 0 spiro atoms. The maximum absolute atomic E-state index is 12.9. The van der Waals surface area contributed by atoms with E-state index in [1.54, 1.807) is 42.5 Å². The summed E-state index contributed by atoms with van der Waals surface area (Å²) in [5, 5.41) is 4.25. The summed E-state index contributed by atoms with van der Waals surface area (Å²) in [6.07, 6.45) is 0.434. The molecule has 0 saturated heterocycles. The summed E-state index contributed by atoms with van der Waals surface area (Å²) in [4.78, 5) is 50.9. The van der Waals surface area contributed by atoms with Crippen LogP contribution in [0, 0.1) is 0 Å². The van der Waals surface area contributed by atoms with Gasteiger partial charge in [-0.25, -0.2) is 4.79 Å². The molecule has 31 heavy (non-hydrogen) atoms. The van der Waals surface area contributed by atoms with Crippen molar-refractivity contribution >= 4 is 40.2 Å². The van der Waals surface area contributed by atoms with Crippen LogP contribution in [-0.4, -0.2) is 42.2 Å². The van der Waals surface area contributed by atoms with Crippen LogP contribution >= 0.6 is 0 Å². The van der Waals surface area contributed by atoms with Crippen molar-refractivity contribution < 1.29 is 23.9 Å². The lowest BCUT2D eigenvalue weighted by molar-refractivity contribution is -0.116. The number of esters is 1. The van der Waals surface area contributed by atoms with E-state index in [1.807, 2.05) is 12.1 Å². The number of methoxy groups -OCH3 is 1. The molecule has 0 aromatic heterocycles. The molecule has 0 radical (unpaired) electrons. The molecule has 0 unspecified atom stereocenters. The Morgan fingerprint density at radius 1 is 0.935 bits per heavy atom. The van der Waals surface area contributed by atoms with Gasteiger partial charge >= 0.3 is 5.97 Å². The highest BCUT2D eigenvalue weighted by molar-refractivity contribution is 6.25. The fourth-order valence-electron chi connectivity index (χ4n) is 3.75. The predicted molar refractivity (Wildman–Crippen MR) is 115 cm³/mol. The number of anilines is 1. The van der Waals surface area contributed by atoms with Crippen molar-refractivity contribution in [3.05, 3.63) is 77.4 Å². The van der Waals surface area contributed by atoms with Crippen LogP contribution < -0.4 is 5.32 Å². The summed E-state index contributed by atoms with van der Waals surface area (Å²) in [7, 11) is 1.29. The molecule has 3 amide bonds. The van der Waals surface area contributed by atoms with E-state index in [4.69, 9.17) is 0 Å². The van der Waals surface area contributed by atoms with E-state index >= 15 is 0 Å². The van der Waals surface area contributed by atoms with Crippen molar-refractivity contribution in [2.75, 3.05) is 19.0 Å². The van der Waals surface area contributed by atoms with Crippen LogP contribution in [0.25, 0.3) is 10.8 Å². The van der Waals surface area contributed by atoms with E-state index in [2.05, 4.69) is 10.1 Å². The molecular formula is C24H20N2O5. The molecule has 1 heterocycles. The lowest BCUT2D eigenvalue weighted by Crippen LogP contribution is -2.41. The predicted octanol–water partition coefficient (Wildman–Crippen LogP) is 3.64. The van der Waals surface area contributed by atoms with E-state index in [1.165, 1.54) is 18.1 Å². The Bertz CT molecular complexity index is 1170. The van der Waals surface area contributed by atoms with Crippen molar-refractivity contribution in [3.8, 4) is 0 Å². The molecule has 0 bridgehead atoms. The lowest BCUT2D eigenvalue weighted by Gasteiger charge is -2.27. The molecule has 0 saturated carbocycles. The molecule has 156 valence electrons. The van der Waals surface area contributed by atoms with Crippen molar-refractivity contribution in [1.29, 1.82) is 0 Å². The van der Waals surface area contributed by atoms with Gasteiger partial charge in [-0.3, -0.25) is 19.3 Å². The fraction of sp³-hybridized carbons (Fsp3) is 0.167. The molecule has 1 aliphatic rings. The van der Waals surface area contributed by atoms with Gasteiger partial charge in [0.15, 0.2) is 0 Å². The topological polar surface area (TPSA) is 92.8 Å². The number of rotatable bonds is 6. The Balaban J connectivity index is 1.40. The van der Waals surface area contributed by atoms with Gasteiger partial charge in [-0.1, -0.05) is 30.3 Å². The second kappa shape index (κ2) is 8.39. The zero-order valence-corrected chi connectivity index (χ0v) is 16.9. The van der Waals surface area contributed by atoms with E-state index in [0.29, 0.717) is 34.2 Å². The number of amides is 3. The first kappa shape index (κ1) is 20.3. The van der Waals surface area contributed by atoms with Gasteiger partial charge in [-0.15, -0.1) is 0 Å². The van der Waals surface area contributed by atoms with Gasteiger partial charge in [0.1, 0.15) is 0 Å². The Hall–Kier alpha value is -4.00. The van der Waals surface area contributed by atoms with Gasteiger partial charge in [0.2, 0.25) is 5.91 Å². The maximum atomic E-state index is 12.9. The summed E-state index contributed by atoms with van der Waals surface area (Å²) in [6.45, 7) is 0.137. The van der Waals surface area contributed by atoms with Gasteiger partial charge in [0, 0.05) is 35.2 Å². The van der Waals surface area contributed by atoms with Crippen molar-refractivity contribution in [3.63, 3.8) is 0 Å². The molecule has 0 aliphatic carbocycles. The Labute approximate surface area is 178 Å². The first-order valence-corrected chi connectivity index (χ1v) is 9.86. The smallest absolute Gasteiger partial charge is 0.337 e. The van der Waals surface area contributed by atoms with Gasteiger partial charge in [0.05, 0.1) is 12.7 Å². The monoisotopic (exact) mass is 416 g/mol. The summed E-state index contributed by atoms with van der Waals surface area (Å²) >= 11 is 0. The van der Waals surface area contributed by atoms with Crippen molar-refractivity contribution in [2.45, 2.75) is 12.8 Å². The number of carbonyl (C=O) groups is 4. The third-order valence-corrected chi connectivity index (χ3v) is 5.21. The first-order chi connectivity index (χ1) is 15.0. The number of benzene rings is 3. The van der Waals surface area contributed by atoms with Crippen molar-refractivity contribution in [2.24, 2.45) is 0 Å². The largest absolute Gasteiger partial charge is 0.465 e. The molecule has 4 rings (SSSR count). The van der Waals surface area contributed by atoms with Crippen LogP contribution in [0.3, 0.4) is 0 Å². The second-order valence-electron chi connectivity index (χ2n) is 7.20. The Morgan fingerprint density at radius 3 is 2.23 bits per heavy atom. The Kier molecular flexibility index (Phi) is 5.49. The highest BCUT2D eigenvalue weighted by Crippen LogP contribution is 2.30. The minimum Gasteiger partial charge on any atom is -0.465 e. The van der Waals surface area contributed by atoms with Gasteiger partial charge in [-0.05, 0) is 42.1 Å². The lowest BCUT2D eigenvalue weighted by atomic mass is 9.94. The van der Waals surface area contributed by atoms with Crippen LogP contribution in [0.15, 0.2) is 60.7 Å². The number of nitrogens with one attached hydrogen (secondary N) is 1. The highest BCUT2D eigenvalue weighted by atomic mass is 16.5. The SMILES string of the molecule is COC(=O)c1cccc(NC(=O)CCCN2C(=O)c3cccc4cccc(c34)C2=O)c1. The molecule has 0 fully saturated rings. The summed E-state index contributed by atoms with van der Waals surface area (Å²) in [5.41, 5.74) is 1.80. The molecule has 3 aromatic carbocycles. The number of ether oxygens (including phenoxy) is 1. The second-order valence-corrected chi connectivity index (χ2v) is 7.20. The maximum Gasteiger partial charge on any atom is 0.337 e. The van der Waals surface area contributed by atoms with Gasteiger partial charge in [0.25, 0.3) is 11.8 Å². The molecule has 7 heteroatoms. The number of imide groups is 1. The molecular weight excluding hydrogens is 396 g/mol. The zero-order chi connectivity index (χ0) is 22.0. The number of hydrogen-bond donors (Lipinski definition) is 1. The number of carbonyl (C=O) groups excluding carboxylic acids is 4. The molecule has 3 aromatic rings. The molecule has 7 nitrogen and oxygen atoms in total. The minimum absolute atomic E-state index is 0.116. The van der Waals surface area contributed by atoms with Gasteiger partial charge < -0.3 is 10.1 Å². The van der Waals surface area contributed by atoms with E-state index in [0.717, 1.165) is 5.39 Å². The molecule has 1 aliphatic heterocycles. The van der Waals surface area contributed by atoms with E-state index < -0.39 is 5.97 Å². The zero-order valence-electron chi connectivity index (χ0n) is 16.9. The van der Waals surface area contributed by atoms with Crippen LogP contribution in [0.1, 0.15) is 43.9 Å². The average Bonchev–Trinajstić information content (AvgIpc) is 2.79. The van der Waals surface area contributed by atoms with E-state index in [-0.39, 0.29) is 30.7 Å². The number of hydrogen-bond acceptors (Lipinski definition) is 5. The van der Waals surface area contributed by atoms with Crippen LogP contribution in [0.2, 0.25) is 0 Å². The summed E-state index contributed by atoms with van der Waals surface area (Å²) < 4.78 is 4.67. The standard InChI is InChI=1S/C24H20N2O5/c1-31-24(30)16-8-2-9-17(14-16)25-20(27)12-5-13-26-22(28)18-10-3-6-15-7-4-11-19(21(15)18)23(26)29/h2-4,6-11,14H,5,12-13H2,1H3,(H,25,27). The normalized spacial score (nSPS) is 12.7. The average molecular weight is 416 g/mol. The van der Waals surface area contributed by atoms with Crippen molar-refractivity contribution in [1.82, 2.24) is 4.90 Å². The minimum atomic E-state index is -0.492. The quantitative estimate of drug-likeness (QED) is 0.489. The Morgan fingerprint density at radius 2 is 1.58 bits per heavy atom. The van der Waals surface area contributed by atoms with Gasteiger partial charge in [-0.2, -0.15) is 0 Å².